The fourth-order valence-electron chi connectivity index (χ4n) is 2.55. The number of halogens is 1. The molecule has 2 rings (SSSR count). The van der Waals surface area contributed by atoms with Crippen LogP contribution in [0.5, 0.6) is 0 Å². The van der Waals surface area contributed by atoms with Gasteiger partial charge in [-0.15, -0.1) is 0 Å². The minimum atomic E-state index is -0.0302. The molecule has 1 aliphatic rings. The van der Waals surface area contributed by atoms with Gasteiger partial charge in [0.05, 0.1) is 17.7 Å². The Labute approximate surface area is 133 Å². The number of pyridine rings is 1. The van der Waals surface area contributed by atoms with E-state index < -0.39 is 0 Å². The number of amides is 1. The van der Waals surface area contributed by atoms with E-state index in [4.69, 9.17) is 0 Å². The highest BCUT2D eigenvalue weighted by Gasteiger charge is 2.27. The number of carbonyl (C=O) groups is 1. The Kier molecular flexibility index (Phi) is 5.71. The SMILES string of the molecule is CCCC(C#N)N1CCN(C(=O)c2cccnc2Br)CC1. The molecule has 1 unspecified atom stereocenters. The van der Waals surface area contributed by atoms with Gasteiger partial charge in [0.25, 0.3) is 5.91 Å². The monoisotopic (exact) mass is 350 g/mol. The molecular formula is C15H19BrN4O. The summed E-state index contributed by atoms with van der Waals surface area (Å²) in [6.07, 6.45) is 3.54. The maximum atomic E-state index is 12.5. The highest BCUT2D eigenvalue weighted by Crippen LogP contribution is 2.17. The van der Waals surface area contributed by atoms with Gasteiger partial charge in [-0.1, -0.05) is 13.3 Å². The summed E-state index contributed by atoms with van der Waals surface area (Å²) in [7, 11) is 0. The second-order valence-electron chi connectivity index (χ2n) is 5.10. The van der Waals surface area contributed by atoms with Crippen LogP contribution in [0, 0.1) is 11.3 Å². The van der Waals surface area contributed by atoms with Crippen LogP contribution in [-0.2, 0) is 0 Å². The lowest BCUT2D eigenvalue weighted by Crippen LogP contribution is -2.51. The normalized spacial score (nSPS) is 17.3. The van der Waals surface area contributed by atoms with E-state index >= 15 is 0 Å². The third kappa shape index (κ3) is 3.80. The second kappa shape index (κ2) is 7.53. The van der Waals surface area contributed by atoms with Crippen molar-refractivity contribution >= 4 is 21.8 Å². The van der Waals surface area contributed by atoms with Crippen LogP contribution in [0.4, 0.5) is 0 Å². The zero-order chi connectivity index (χ0) is 15.2. The van der Waals surface area contributed by atoms with Gasteiger partial charge in [-0.25, -0.2) is 4.98 Å². The van der Waals surface area contributed by atoms with Crippen LogP contribution in [0.3, 0.4) is 0 Å². The number of hydrogen-bond acceptors (Lipinski definition) is 4. The molecule has 21 heavy (non-hydrogen) atoms. The summed E-state index contributed by atoms with van der Waals surface area (Å²) < 4.78 is 0.582. The maximum Gasteiger partial charge on any atom is 0.256 e. The molecule has 1 atom stereocenters. The van der Waals surface area contributed by atoms with Gasteiger partial charge >= 0.3 is 0 Å². The fraction of sp³-hybridized carbons (Fsp3) is 0.533. The van der Waals surface area contributed by atoms with Crippen LogP contribution in [0.15, 0.2) is 22.9 Å². The Morgan fingerprint density at radius 2 is 2.19 bits per heavy atom. The number of nitrogens with zero attached hydrogens (tertiary/aromatic N) is 4. The molecule has 0 spiro atoms. The Balaban J connectivity index is 1.97. The summed E-state index contributed by atoms with van der Waals surface area (Å²) in [5.74, 6) is -0.00127. The Hall–Kier alpha value is -1.45. The summed E-state index contributed by atoms with van der Waals surface area (Å²) in [4.78, 5) is 20.6. The molecule has 1 aliphatic heterocycles. The van der Waals surface area contributed by atoms with Crippen molar-refractivity contribution in [3.63, 3.8) is 0 Å². The number of aromatic nitrogens is 1. The van der Waals surface area contributed by atoms with Gasteiger partial charge in [0.15, 0.2) is 0 Å². The second-order valence-corrected chi connectivity index (χ2v) is 5.85. The average Bonchev–Trinajstić information content (AvgIpc) is 2.52. The van der Waals surface area contributed by atoms with E-state index in [-0.39, 0.29) is 11.9 Å². The van der Waals surface area contributed by atoms with Gasteiger partial charge in [0.2, 0.25) is 0 Å². The van der Waals surface area contributed by atoms with Gasteiger partial charge in [0, 0.05) is 32.4 Å². The molecule has 1 aromatic heterocycles. The molecule has 2 heterocycles. The Morgan fingerprint density at radius 1 is 1.48 bits per heavy atom. The predicted molar refractivity (Wildman–Crippen MR) is 83.7 cm³/mol. The highest BCUT2D eigenvalue weighted by molar-refractivity contribution is 9.10. The molecule has 0 aromatic carbocycles. The van der Waals surface area contributed by atoms with Crippen molar-refractivity contribution in [2.75, 3.05) is 26.2 Å². The van der Waals surface area contributed by atoms with E-state index in [0.717, 1.165) is 25.9 Å². The molecule has 0 saturated carbocycles. The van der Waals surface area contributed by atoms with E-state index in [0.29, 0.717) is 23.3 Å². The van der Waals surface area contributed by atoms with Crippen LogP contribution >= 0.6 is 15.9 Å². The zero-order valence-electron chi connectivity index (χ0n) is 12.1. The number of piperazine rings is 1. The highest BCUT2D eigenvalue weighted by atomic mass is 79.9. The first-order valence-electron chi connectivity index (χ1n) is 7.20. The van der Waals surface area contributed by atoms with Crippen LogP contribution in [0.1, 0.15) is 30.1 Å². The first-order chi connectivity index (χ1) is 10.2. The molecule has 6 heteroatoms. The lowest BCUT2D eigenvalue weighted by Gasteiger charge is -2.37. The van der Waals surface area contributed by atoms with E-state index in [1.807, 2.05) is 4.90 Å². The minimum absolute atomic E-state index is 0.00127. The molecular weight excluding hydrogens is 332 g/mol. The van der Waals surface area contributed by atoms with E-state index in [1.165, 1.54) is 0 Å². The van der Waals surface area contributed by atoms with Gasteiger partial charge < -0.3 is 4.90 Å². The molecule has 1 amide bonds. The number of carbonyl (C=O) groups excluding carboxylic acids is 1. The number of hydrogen-bond donors (Lipinski definition) is 0. The molecule has 0 bridgehead atoms. The van der Waals surface area contributed by atoms with Gasteiger partial charge in [-0.2, -0.15) is 5.26 Å². The topological polar surface area (TPSA) is 60.2 Å². The van der Waals surface area contributed by atoms with Crippen molar-refractivity contribution in [3.05, 3.63) is 28.5 Å². The summed E-state index contributed by atoms with van der Waals surface area (Å²) in [5.41, 5.74) is 0.594. The largest absolute Gasteiger partial charge is 0.336 e. The minimum Gasteiger partial charge on any atom is -0.336 e. The van der Waals surface area contributed by atoms with Crippen molar-refractivity contribution in [1.82, 2.24) is 14.8 Å². The van der Waals surface area contributed by atoms with Crippen LogP contribution in [0.2, 0.25) is 0 Å². The molecule has 1 aromatic rings. The molecule has 0 radical (unpaired) electrons. The summed E-state index contributed by atoms with van der Waals surface area (Å²) in [5, 5.41) is 9.21. The first kappa shape index (κ1) is 15.9. The Morgan fingerprint density at radius 3 is 2.76 bits per heavy atom. The van der Waals surface area contributed by atoms with Crippen LogP contribution in [0.25, 0.3) is 0 Å². The quantitative estimate of drug-likeness (QED) is 0.781. The average molecular weight is 351 g/mol. The van der Waals surface area contributed by atoms with E-state index in [2.05, 4.69) is 38.8 Å². The van der Waals surface area contributed by atoms with Crippen molar-refractivity contribution in [2.24, 2.45) is 0 Å². The van der Waals surface area contributed by atoms with E-state index in [9.17, 15) is 10.1 Å². The zero-order valence-corrected chi connectivity index (χ0v) is 13.7. The molecule has 1 fully saturated rings. The summed E-state index contributed by atoms with van der Waals surface area (Å²) in [6, 6.07) is 5.88. The first-order valence-corrected chi connectivity index (χ1v) is 8.00. The van der Waals surface area contributed by atoms with Gasteiger partial charge in [-0.3, -0.25) is 9.69 Å². The molecule has 0 N–H and O–H groups in total. The third-order valence-electron chi connectivity index (χ3n) is 3.74. The van der Waals surface area contributed by atoms with Crippen molar-refractivity contribution < 1.29 is 4.79 Å². The summed E-state index contributed by atoms with van der Waals surface area (Å²) >= 11 is 3.32. The molecule has 5 nitrogen and oxygen atoms in total. The molecule has 1 saturated heterocycles. The maximum absolute atomic E-state index is 12.5. The summed E-state index contributed by atoms with van der Waals surface area (Å²) in [6.45, 7) is 4.90. The number of nitriles is 1. The lowest BCUT2D eigenvalue weighted by molar-refractivity contribution is 0.0600. The standard InChI is InChI=1S/C15H19BrN4O/c1-2-4-12(11-17)19-7-9-20(10-8-19)15(21)13-5-3-6-18-14(13)16/h3,5-6,12H,2,4,7-10H2,1H3. The molecule has 0 aliphatic carbocycles. The van der Waals surface area contributed by atoms with Gasteiger partial charge in [0.1, 0.15) is 4.60 Å². The van der Waals surface area contributed by atoms with Crippen LogP contribution < -0.4 is 0 Å². The van der Waals surface area contributed by atoms with Crippen molar-refractivity contribution in [3.8, 4) is 6.07 Å². The van der Waals surface area contributed by atoms with Crippen molar-refractivity contribution in [1.29, 1.82) is 5.26 Å². The van der Waals surface area contributed by atoms with Crippen LogP contribution in [-0.4, -0.2) is 52.9 Å². The van der Waals surface area contributed by atoms with Gasteiger partial charge in [-0.05, 0) is 34.5 Å². The Bertz CT molecular complexity index is 535. The van der Waals surface area contributed by atoms with Crippen molar-refractivity contribution in [2.45, 2.75) is 25.8 Å². The number of rotatable bonds is 4. The third-order valence-corrected chi connectivity index (χ3v) is 4.37. The fourth-order valence-corrected chi connectivity index (χ4v) is 2.97. The lowest BCUT2D eigenvalue weighted by atomic mass is 10.1. The predicted octanol–water partition coefficient (Wildman–Crippen LogP) is 2.29. The van der Waals surface area contributed by atoms with E-state index in [1.54, 1.807) is 18.3 Å². The smallest absolute Gasteiger partial charge is 0.256 e. The molecule has 112 valence electrons.